The standard InChI is InChI=1S/C65H76O6/c1-14-62(9,10)50-21-25-52(26-22-50)66-54-29-31-55(32-30-54)68-57-37-39-59(40-38-57)70-64(13,16-3)65(17-4,18-5)51-23-27-53(28-24-51)67-56-33-35-58(36-34-56)69-60-41-19-48(43-45(60)6)47(8)49-20-42-61(46(7)44-49)71-63(11,12)15-2/h19-44,47H,14-18H2,1-13H3. The maximum absolute atomic E-state index is 6.99. The fraction of sp³-hybridized carbons (Fsp3) is 0.354. The molecule has 0 amide bonds. The molecular weight excluding hydrogens is 877 g/mol. The maximum atomic E-state index is 6.99. The molecule has 6 heteroatoms. The molecule has 0 N–H and O–H groups in total. The van der Waals surface area contributed by atoms with Crippen molar-refractivity contribution in [2.24, 2.45) is 0 Å². The second-order valence-corrected chi connectivity index (χ2v) is 20.6. The lowest BCUT2D eigenvalue weighted by molar-refractivity contribution is -0.00831. The lowest BCUT2D eigenvalue weighted by Crippen LogP contribution is -2.52. The Kier molecular flexibility index (Phi) is 16.3. The first-order chi connectivity index (χ1) is 33.9. The summed E-state index contributed by atoms with van der Waals surface area (Å²) in [7, 11) is 0. The molecule has 0 radical (unpaired) electrons. The van der Waals surface area contributed by atoms with Gasteiger partial charge in [-0.25, -0.2) is 0 Å². The first kappa shape index (κ1) is 52.2. The van der Waals surface area contributed by atoms with Gasteiger partial charge in [-0.2, -0.15) is 0 Å². The molecule has 0 saturated carbocycles. The van der Waals surface area contributed by atoms with Gasteiger partial charge in [0.05, 0.1) is 0 Å². The molecule has 0 aromatic heterocycles. The van der Waals surface area contributed by atoms with E-state index in [4.69, 9.17) is 28.4 Å². The van der Waals surface area contributed by atoms with Gasteiger partial charge < -0.3 is 28.4 Å². The average molecular weight is 953 g/mol. The third-order valence-corrected chi connectivity index (χ3v) is 15.2. The van der Waals surface area contributed by atoms with Gasteiger partial charge in [0.25, 0.3) is 0 Å². The van der Waals surface area contributed by atoms with Crippen LogP contribution in [0.2, 0.25) is 0 Å². The van der Waals surface area contributed by atoms with Crippen molar-refractivity contribution in [3.8, 4) is 57.5 Å². The normalized spacial score (nSPS) is 13.2. The summed E-state index contributed by atoms with van der Waals surface area (Å²) in [6.45, 7) is 28.6. The van der Waals surface area contributed by atoms with Crippen LogP contribution in [-0.4, -0.2) is 11.2 Å². The Morgan fingerprint density at radius 2 is 0.732 bits per heavy atom. The van der Waals surface area contributed by atoms with Crippen molar-refractivity contribution in [2.75, 3.05) is 0 Å². The van der Waals surface area contributed by atoms with Crippen molar-refractivity contribution in [2.45, 2.75) is 150 Å². The second kappa shape index (κ2) is 22.2. The van der Waals surface area contributed by atoms with E-state index in [1.165, 1.54) is 22.3 Å². The van der Waals surface area contributed by atoms with E-state index >= 15 is 0 Å². The Bertz CT molecular complexity index is 2800. The Morgan fingerprint density at radius 3 is 1.10 bits per heavy atom. The van der Waals surface area contributed by atoms with E-state index in [0.717, 1.165) is 101 Å². The van der Waals surface area contributed by atoms with Crippen LogP contribution in [0.1, 0.15) is 148 Å². The van der Waals surface area contributed by atoms with Crippen LogP contribution in [0.5, 0.6) is 57.5 Å². The van der Waals surface area contributed by atoms with E-state index < -0.39 is 5.60 Å². The molecule has 0 saturated heterocycles. The Labute approximate surface area is 425 Å². The van der Waals surface area contributed by atoms with Crippen molar-refractivity contribution in [1.82, 2.24) is 0 Å². The molecule has 7 aromatic rings. The molecule has 71 heavy (non-hydrogen) atoms. The summed E-state index contributed by atoms with van der Waals surface area (Å²) < 4.78 is 38.4. The highest BCUT2D eigenvalue weighted by Gasteiger charge is 2.48. The highest BCUT2D eigenvalue weighted by atomic mass is 16.5. The number of aryl methyl sites for hydroxylation is 2. The van der Waals surface area contributed by atoms with Crippen LogP contribution in [0.3, 0.4) is 0 Å². The first-order valence-corrected chi connectivity index (χ1v) is 25.7. The van der Waals surface area contributed by atoms with Gasteiger partial charge in [-0.3, -0.25) is 0 Å². The summed E-state index contributed by atoms with van der Waals surface area (Å²) in [6.07, 6.45) is 4.65. The number of hydrogen-bond donors (Lipinski definition) is 0. The van der Waals surface area contributed by atoms with E-state index in [1.807, 2.05) is 84.9 Å². The van der Waals surface area contributed by atoms with Gasteiger partial charge in [-0.15, -0.1) is 0 Å². The molecule has 6 nitrogen and oxygen atoms in total. The zero-order chi connectivity index (χ0) is 51.0. The zero-order valence-electron chi connectivity index (χ0n) is 44.6. The van der Waals surface area contributed by atoms with E-state index in [0.29, 0.717) is 0 Å². The molecule has 0 aliphatic carbocycles. The van der Waals surface area contributed by atoms with Crippen molar-refractivity contribution < 1.29 is 28.4 Å². The number of rotatable bonds is 22. The SMILES string of the molecule is CCC(C)(C)Oc1ccc(C(C)c2ccc(Oc3ccc(Oc4ccc(C(CC)(CC)C(C)(CC)Oc5ccc(Oc6ccc(Oc7ccc(C(C)(C)CC)cc7)cc6)cc5)cc4)cc3)c(C)c2)cc1C. The van der Waals surface area contributed by atoms with Crippen LogP contribution in [0.25, 0.3) is 0 Å². The van der Waals surface area contributed by atoms with Crippen LogP contribution >= 0.6 is 0 Å². The highest BCUT2D eigenvalue weighted by Crippen LogP contribution is 2.47. The average Bonchev–Trinajstić information content (AvgIpc) is 3.37. The number of ether oxygens (including phenoxy) is 6. The third-order valence-electron chi connectivity index (χ3n) is 15.2. The van der Waals surface area contributed by atoms with Gasteiger partial charge in [0.15, 0.2) is 0 Å². The molecule has 372 valence electrons. The van der Waals surface area contributed by atoms with Gasteiger partial charge in [-0.1, -0.05) is 104 Å². The highest BCUT2D eigenvalue weighted by molar-refractivity contribution is 5.47. The van der Waals surface area contributed by atoms with Crippen molar-refractivity contribution in [3.63, 3.8) is 0 Å². The maximum Gasteiger partial charge on any atom is 0.130 e. The third kappa shape index (κ3) is 12.3. The van der Waals surface area contributed by atoms with Crippen molar-refractivity contribution in [1.29, 1.82) is 0 Å². The van der Waals surface area contributed by atoms with E-state index in [1.54, 1.807) is 0 Å². The summed E-state index contributed by atoms with van der Waals surface area (Å²) in [6, 6.07) is 53.3. The summed E-state index contributed by atoms with van der Waals surface area (Å²) in [5.74, 6) is 8.08. The molecule has 0 fully saturated rings. The minimum absolute atomic E-state index is 0.138. The van der Waals surface area contributed by atoms with Crippen molar-refractivity contribution >= 4 is 0 Å². The second-order valence-electron chi connectivity index (χ2n) is 20.6. The van der Waals surface area contributed by atoms with Gasteiger partial charge >= 0.3 is 0 Å². The molecule has 7 rings (SSSR count). The smallest absolute Gasteiger partial charge is 0.130 e. The van der Waals surface area contributed by atoms with E-state index in [-0.39, 0.29) is 22.3 Å². The van der Waals surface area contributed by atoms with Gasteiger partial charge in [0, 0.05) is 11.3 Å². The quantitative estimate of drug-likeness (QED) is 0.0675. The molecule has 0 bridgehead atoms. The lowest BCUT2D eigenvalue weighted by Gasteiger charge is -2.48. The van der Waals surface area contributed by atoms with Crippen LogP contribution in [0.15, 0.2) is 158 Å². The molecule has 0 spiro atoms. The predicted molar refractivity (Wildman–Crippen MR) is 292 cm³/mol. The van der Waals surface area contributed by atoms with Crippen LogP contribution in [-0.2, 0) is 10.8 Å². The lowest BCUT2D eigenvalue weighted by atomic mass is 9.63. The minimum atomic E-state index is -0.497. The Balaban J connectivity index is 0.941. The summed E-state index contributed by atoms with van der Waals surface area (Å²) in [5.41, 5.74) is 6.45. The van der Waals surface area contributed by atoms with E-state index in [2.05, 4.69) is 163 Å². The topological polar surface area (TPSA) is 55.4 Å². The van der Waals surface area contributed by atoms with Crippen LogP contribution in [0.4, 0.5) is 0 Å². The van der Waals surface area contributed by atoms with Crippen molar-refractivity contribution in [3.05, 3.63) is 191 Å². The summed E-state index contributed by atoms with van der Waals surface area (Å²) >= 11 is 0. The predicted octanol–water partition coefficient (Wildman–Crippen LogP) is 19.2. The van der Waals surface area contributed by atoms with Gasteiger partial charge in [0.2, 0.25) is 0 Å². The fourth-order valence-corrected chi connectivity index (χ4v) is 9.44. The largest absolute Gasteiger partial charge is 0.488 e. The van der Waals surface area contributed by atoms with Gasteiger partial charge in [-0.05, 0) is 215 Å². The Morgan fingerprint density at radius 1 is 0.366 bits per heavy atom. The molecular formula is C65H76O6. The molecule has 7 aromatic carbocycles. The van der Waals surface area contributed by atoms with Crippen LogP contribution in [0, 0.1) is 13.8 Å². The Hall–Kier alpha value is -6.66. The monoisotopic (exact) mass is 953 g/mol. The molecule has 2 unspecified atom stereocenters. The first-order valence-electron chi connectivity index (χ1n) is 25.7. The minimum Gasteiger partial charge on any atom is -0.488 e. The zero-order valence-corrected chi connectivity index (χ0v) is 44.6. The summed E-state index contributed by atoms with van der Waals surface area (Å²) in [5, 5.41) is 0. The molecule has 0 aliphatic rings. The number of benzene rings is 7. The molecule has 0 heterocycles. The van der Waals surface area contributed by atoms with E-state index in [9.17, 15) is 0 Å². The summed E-state index contributed by atoms with van der Waals surface area (Å²) in [4.78, 5) is 0. The fourth-order valence-electron chi connectivity index (χ4n) is 9.44. The van der Waals surface area contributed by atoms with Gasteiger partial charge in [0.1, 0.15) is 68.7 Å². The molecule has 2 atom stereocenters. The van der Waals surface area contributed by atoms with Crippen LogP contribution < -0.4 is 28.4 Å². The molecule has 0 aliphatic heterocycles. The number of hydrogen-bond acceptors (Lipinski definition) is 6.